The number of ether oxygens (including phenoxy) is 2. The van der Waals surface area contributed by atoms with Crippen molar-refractivity contribution in [3.8, 4) is 5.75 Å². The summed E-state index contributed by atoms with van der Waals surface area (Å²) < 4.78 is 79.4. The third-order valence-corrected chi connectivity index (χ3v) is 8.45. The fraction of sp³-hybridized carbons (Fsp3) is 0.478. The van der Waals surface area contributed by atoms with Gasteiger partial charge in [0.2, 0.25) is 10.8 Å². The molecule has 1 saturated heterocycles. The van der Waals surface area contributed by atoms with E-state index < -0.39 is 55.9 Å². The van der Waals surface area contributed by atoms with Gasteiger partial charge in [-0.3, -0.25) is 13.9 Å². The van der Waals surface area contributed by atoms with Crippen molar-refractivity contribution < 1.29 is 46.2 Å². The lowest BCUT2D eigenvalue weighted by Crippen LogP contribution is -2.53. The maximum Gasteiger partial charge on any atom is 0.459 e. The quantitative estimate of drug-likeness (QED) is 0.137. The molecule has 0 amide bonds. The number of fused-ring (bicyclic) bond motifs is 1. The average molecular weight is 638 g/mol. The molecule has 230 valence electrons. The first-order valence-corrected chi connectivity index (χ1v) is 14.4. The van der Waals surface area contributed by atoms with E-state index in [1.807, 2.05) is 0 Å². The number of carbonyl (C=O) groups excluding carboxylic acids is 1. The van der Waals surface area contributed by atoms with Crippen LogP contribution in [0, 0.1) is 0 Å². The highest BCUT2D eigenvalue weighted by molar-refractivity contribution is 7.52. The SMILES string of the molecule is CCOC(=O)[C@@H](C)NP(=O)(OC[C@H]1O[C@@H](n2cnc3c(NC)nc(N)nc32)[C@@](Cl)(C(F)(F)F)[C@@H]1O)Oc1ccccc1. The van der Waals surface area contributed by atoms with Crippen LogP contribution in [0.15, 0.2) is 36.7 Å². The molecule has 0 radical (unpaired) electrons. The molecule has 2 aromatic heterocycles. The van der Waals surface area contributed by atoms with Crippen LogP contribution in [0.2, 0.25) is 0 Å². The number of hydrogen-bond donors (Lipinski definition) is 4. The van der Waals surface area contributed by atoms with E-state index in [4.69, 9.17) is 35.9 Å². The standard InChI is InChI=1S/C23H28ClF3N7O7P/c1-4-38-19(36)12(2)33-42(37,41-13-8-6-5-7-9-13)39-10-14-16(35)22(24,23(25,26)27)20(40-14)34-11-30-15-17(29-3)31-21(28)32-18(15)34/h5-9,11-12,14,16,20,35H,4,10H2,1-3H3,(H,33,37)(H3,28,29,31,32)/t12-,14-,16-,20-,22-,42?/m1/s1. The van der Waals surface area contributed by atoms with Crippen molar-refractivity contribution >= 4 is 48.2 Å². The zero-order chi connectivity index (χ0) is 30.9. The Kier molecular flexibility index (Phi) is 9.20. The number of aromatic nitrogens is 4. The van der Waals surface area contributed by atoms with Gasteiger partial charge >= 0.3 is 19.9 Å². The van der Waals surface area contributed by atoms with Gasteiger partial charge in [-0.2, -0.15) is 28.2 Å². The third-order valence-electron chi connectivity index (χ3n) is 6.18. The summed E-state index contributed by atoms with van der Waals surface area (Å²) in [6, 6.07) is 6.46. The summed E-state index contributed by atoms with van der Waals surface area (Å²) in [5.41, 5.74) is 5.62. The molecular weight excluding hydrogens is 610 g/mol. The summed E-state index contributed by atoms with van der Waals surface area (Å²) >= 11 is 6.13. The van der Waals surface area contributed by atoms with Gasteiger partial charge in [0.25, 0.3) is 0 Å². The Morgan fingerprint density at radius 1 is 1.33 bits per heavy atom. The Labute approximate surface area is 242 Å². The maximum absolute atomic E-state index is 14.5. The molecular formula is C23H28ClF3N7O7P. The van der Waals surface area contributed by atoms with Crippen LogP contribution >= 0.6 is 19.3 Å². The Hall–Kier alpha value is -3.21. The number of aliphatic hydroxyl groups excluding tert-OH is 1. The maximum atomic E-state index is 14.5. The Morgan fingerprint density at radius 2 is 2.02 bits per heavy atom. The predicted molar refractivity (Wildman–Crippen MR) is 144 cm³/mol. The van der Waals surface area contributed by atoms with Gasteiger partial charge in [-0.15, -0.1) is 11.6 Å². The molecule has 0 bridgehead atoms. The van der Waals surface area contributed by atoms with Gasteiger partial charge in [0.1, 0.15) is 24.0 Å². The van der Waals surface area contributed by atoms with Gasteiger partial charge < -0.3 is 30.2 Å². The van der Waals surface area contributed by atoms with Crippen LogP contribution in [0.25, 0.3) is 11.2 Å². The van der Waals surface area contributed by atoms with E-state index in [1.165, 1.54) is 26.1 Å². The average Bonchev–Trinajstić information content (AvgIpc) is 3.46. The minimum absolute atomic E-state index is 0.0314. The van der Waals surface area contributed by atoms with E-state index in [1.54, 1.807) is 25.1 Å². The molecule has 1 aromatic carbocycles. The van der Waals surface area contributed by atoms with Gasteiger partial charge in [-0.25, -0.2) is 9.55 Å². The number of anilines is 2. The normalized spacial score (nSPS) is 24.7. The number of alkyl halides is 4. The summed E-state index contributed by atoms with van der Waals surface area (Å²) in [6.45, 7) is 2.01. The van der Waals surface area contributed by atoms with E-state index in [2.05, 4.69) is 25.4 Å². The molecule has 19 heteroatoms. The summed E-state index contributed by atoms with van der Waals surface area (Å²) in [5, 5.41) is 16.0. The molecule has 1 unspecified atom stereocenters. The number of hydrogen-bond acceptors (Lipinski definition) is 12. The van der Waals surface area contributed by atoms with Crippen LogP contribution in [0.3, 0.4) is 0 Å². The van der Waals surface area contributed by atoms with E-state index >= 15 is 0 Å². The number of esters is 1. The van der Waals surface area contributed by atoms with Gasteiger partial charge in [0, 0.05) is 7.05 Å². The minimum Gasteiger partial charge on any atom is -0.465 e. The van der Waals surface area contributed by atoms with E-state index in [0.29, 0.717) is 0 Å². The number of rotatable bonds is 11. The number of para-hydroxylation sites is 1. The zero-order valence-electron chi connectivity index (χ0n) is 22.4. The number of halogens is 4. The molecule has 4 rings (SSSR count). The fourth-order valence-corrected chi connectivity index (χ4v) is 5.98. The molecule has 6 atom stereocenters. The minimum atomic E-state index is -5.24. The zero-order valence-corrected chi connectivity index (χ0v) is 24.1. The first kappa shape index (κ1) is 31.7. The van der Waals surface area contributed by atoms with Crippen molar-refractivity contribution in [1.29, 1.82) is 0 Å². The summed E-state index contributed by atoms with van der Waals surface area (Å²) in [6.07, 6.45) is -10.6. The van der Waals surface area contributed by atoms with Crippen LogP contribution in [-0.2, 0) is 23.4 Å². The highest BCUT2D eigenvalue weighted by Gasteiger charge is 2.71. The molecule has 0 spiro atoms. The van der Waals surface area contributed by atoms with Gasteiger partial charge in [-0.05, 0) is 26.0 Å². The van der Waals surface area contributed by atoms with Crippen LogP contribution in [0.4, 0.5) is 24.9 Å². The lowest BCUT2D eigenvalue weighted by Gasteiger charge is -2.32. The lowest BCUT2D eigenvalue weighted by atomic mass is 9.98. The summed E-state index contributed by atoms with van der Waals surface area (Å²) in [5.74, 6) is -0.886. The van der Waals surface area contributed by atoms with Crippen LogP contribution < -0.4 is 20.7 Å². The van der Waals surface area contributed by atoms with Crippen LogP contribution in [0.1, 0.15) is 20.1 Å². The Morgan fingerprint density at radius 3 is 2.64 bits per heavy atom. The molecule has 5 N–H and O–H groups in total. The Bertz CT molecular complexity index is 1470. The van der Waals surface area contributed by atoms with E-state index in [0.717, 1.165) is 10.9 Å². The van der Waals surface area contributed by atoms with E-state index in [-0.39, 0.29) is 35.3 Å². The van der Waals surface area contributed by atoms with Crippen molar-refractivity contribution in [3.05, 3.63) is 36.7 Å². The van der Waals surface area contributed by atoms with Gasteiger partial charge in [0.15, 0.2) is 23.2 Å². The predicted octanol–water partition coefficient (Wildman–Crippen LogP) is 2.99. The van der Waals surface area contributed by atoms with Crippen LogP contribution in [0.5, 0.6) is 5.75 Å². The molecule has 1 aliphatic rings. The number of aliphatic hydroxyl groups is 1. The summed E-state index contributed by atoms with van der Waals surface area (Å²) in [7, 11) is -3.01. The fourth-order valence-electron chi connectivity index (χ4n) is 4.18. The topological polar surface area (TPSA) is 185 Å². The molecule has 3 heterocycles. The molecule has 42 heavy (non-hydrogen) atoms. The van der Waals surface area contributed by atoms with Crippen LogP contribution in [-0.4, -0.2) is 80.2 Å². The van der Waals surface area contributed by atoms with Crippen molar-refractivity contribution in [2.24, 2.45) is 0 Å². The second-order valence-electron chi connectivity index (χ2n) is 9.04. The first-order valence-electron chi connectivity index (χ1n) is 12.4. The molecule has 14 nitrogen and oxygen atoms in total. The highest BCUT2D eigenvalue weighted by atomic mass is 35.5. The molecule has 0 saturated carbocycles. The van der Waals surface area contributed by atoms with Crippen molar-refractivity contribution in [1.82, 2.24) is 24.6 Å². The van der Waals surface area contributed by atoms with E-state index in [9.17, 15) is 27.6 Å². The second-order valence-corrected chi connectivity index (χ2v) is 11.4. The lowest BCUT2D eigenvalue weighted by molar-refractivity contribution is -0.195. The monoisotopic (exact) mass is 637 g/mol. The number of nitrogen functional groups attached to an aromatic ring is 1. The molecule has 1 aliphatic heterocycles. The number of benzene rings is 1. The van der Waals surface area contributed by atoms with Crippen molar-refractivity contribution in [2.45, 2.75) is 49.4 Å². The number of imidazole rings is 1. The van der Waals surface area contributed by atoms with Gasteiger partial charge in [-0.1, -0.05) is 18.2 Å². The smallest absolute Gasteiger partial charge is 0.459 e. The largest absolute Gasteiger partial charge is 0.465 e. The number of nitrogens with zero attached hydrogens (tertiary/aromatic N) is 4. The van der Waals surface area contributed by atoms with Crippen molar-refractivity contribution in [2.75, 3.05) is 31.3 Å². The Balaban J connectivity index is 1.66. The number of nitrogens with two attached hydrogens (primary N) is 1. The number of carbonyl (C=O) groups is 1. The first-order chi connectivity index (χ1) is 19.7. The molecule has 3 aromatic rings. The van der Waals surface area contributed by atoms with Crippen molar-refractivity contribution in [3.63, 3.8) is 0 Å². The summed E-state index contributed by atoms with van der Waals surface area (Å²) in [4.78, 5) is 20.7. The third kappa shape index (κ3) is 6.11. The number of nitrogens with one attached hydrogen (secondary N) is 2. The molecule has 1 fully saturated rings. The van der Waals surface area contributed by atoms with Gasteiger partial charge in [0.05, 0.1) is 19.5 Å². The second kappa shape index (κ2) is 12.2. The highest BCUT2D eigenvalue weighted by Crippen LogP contribution is 2.55. The molecule has 0 aliphatic carbocycles.